The molecule has 0 spiro atoms. The van der Waals surface area contributed by atoms with Crippen molar-refractivity contribution in [2.75, 3.05) is 37.7 Å². The molecule has 2 N–H and O–H groups in total. The summed E-state index contributed by atoms with van der Waals surface area (Å²) in [7, 11) is 0. The molecule has 1 aromatic heterocycles. The van der Waals surface area contributed by atoms with Gasteiger partial charge in [-0.2, -0.15) is 0 Å². The molecule has 0 bridgehead atoms. The van der Waals surface area contributed by atoms with Crippen LogP contribution in [0, 0.1) is 5.92 Å². The smallest absolute Gasteiger partial charge is 0.325 e. The van der Waals surface area contributed by atoms with Crippen LogP contribution in [0.1, 0.15) is 23.4 Å². The predicted molar refractivity (Wildman–Crippen MR) is 73.1 cm³/mol. The topological polar surface area (TPSA) is 96.7 Å². The van der Waals surface area contributed by atoms with E-state index in [1.807, 2.05) is 0 Å². The third kappa shape index (κ3) is 3.15. The minimum atomic E-state index is -0.306. The number of nitrogens with one attached hydrogen (secondary N) is 2. The number of aromatic nitrogens is 1. The van der Waals surface area contributed by atoms with Crippen LogP contribution in [-0.2, 0) is 4.74 Å². The van der Waals surface area contributed by atoms with E-state index in [4.69, 9.17) is 9.15 Å². The molecule has 2 aliphatic heterocycles. The van der Waals surface area contributed by atoms with Crippen LogP contribution in [0.15, 0.2) is 10.6 Å². The van der Waals surface area contributed by atoms with Crippen molar-refractivity contribution in [3.05, 3.63) is 12.0 Å². The van der Waals surface area contributed by atoms with Gasteiger partial charge in [-0.1, -0.05) is 0 Å². The fourth-order valence-electron chi connectivity index (χ4n) is 2.42. The predicted octanol–water partition coefficient (Wildman–Crippen LogP) is 0.361. The van der Waals surface area contributed by atoms with Crippen LogP contribution in [0.5, 0.6) is 0 Å². The number of hydrogen-bond acceptors (Lipinski definition) is 5. The van der Waals surface area contributed by atoms with Gasteiger partial charge in [0.1, 0.15) is 0 Å². The first kappa shape index (κ1) is 13.9. The maximum Gasteiger partial charge on any atom is 0.325 e. The van der Waals surface area contributed by atoms with Crippen molar-refractivity contribution in [3.63, 3.8) is 0 Å². The van der Waals surface area contributed by atoms with E-state index in [2.05, 4.69) is 15.6 Å². The van der Waals surface area contributed by atoms with Gasteiger partial charge in [-0.3, -0.25) is 4.79 Å². The number of amides is 3. The number of ether oxygens (including phenoxy) is 1. The van der Waals surface area contributed by atoms with E-state index in [0.717, 1.165) is 26.1 Å². The highest BCUT2D eigenvalue weighted by atomic mass is 16.5. The summed E-state index contributed by atoms with van der Waals surface area (Å²) in [6, 6.07) is -0.104. The number of hydrogen-bond donors (Lipinski definition) is 2. The molecular weight excluding hydrogens is 276 g/mol. The molecule has 0 atom stereocenters. The average Bonchev–Trinajstić information content (AvgIpc) is 3.14. The van der Waals surface area contributed by atoms with E-state index in [-0.39, 0.29) is 23.7 Å². The second kappa shape index (κ2) is 6.13. The van der Waals surface area contributed by atoms with Crippen molar-refractivity contribution in [2.45, 2.75) is 12.8 Å². The SMILES string of the molecule is O=C(NCC1CCOCC1)c1cnc(N2CCNC2=O)o1. The number of carbonyl (C=O) groups is 2. The zero-order chi connectivity index (χ0) is 14.7. The lowest BCUT2D eigenvalue weighted by molar-refractivity contribution is 0.0639. The van der Waals surface area contributed by atoms with E-state index in [1.165, 1.54) is 11.1 Å². The van der Waals surface area contributed by atoms with Crippen LogP contribution in [0.4, 0.5) is 10.8 Å². The van der Waals surface area contributed by atoms with E-state index in [1.54, 1.807) is 0 Å². The highest BCUT2D eigenvalue weighted by Crippen LogP contribution is 2.17. The van der Waals surface area contributed by atoms with Gasteiger partial charge in [0.25, 0.3) is 5.91 Å². The van der Waals surface area contributed by atoms with Crippen LogP contribution in [0.3, 0.4) is 0 Å². The quantitative estimate of drug-likeness (QED) is 0.836. The van der Waals surface area contributed by atoms with E-state index in [0.29, 0.717) is 25.6 Å². The third-order valence-corrected chi connectivity index (χ3v) is 3.70. The van der Waals surface area contributed by atoms with E-state index >= 15 is 0 Å². The molecule has 8 heteroatoms. The number of rotatable bonds is 4. The van der Waals surface area contributed by atoms with Crippen molar-refractivity contribution in [1.82, 2.24) is 15.6 Å². The largest absolute Gasteiger partial charge is 0.418 e. The molecule has 8 nitrogen and oxygen atoms in total. The zero-order valence-corrected chi connectivity index (χ0v) is 11.6. The van der Waals surface area contributed by atoms with E-state index < -0.39 is 0 Å². The molecule has 21 heavy (non-hydrogen) atoms. The molecule has 0 unspecified atom stereocenters. The van der Waals surface area contributed by atoms with Gasteiger partial charge >= 0.3 is 12.0 Å². The Balaban J connectivity index is 1.55. The second-order valence-corrected chi connectivity index (χ2v) is 5.16. The standard InChI is InChI=1S/C13H18N4O4/c18-11(15-7-9-1-5-20-6-2-9)10-8-16-13(21-10)17-4-3-14-12(17)19/h8-9H,1-7H2,(H,14,19)(H,15,18). The Morgan fingerprint density at radius 1 is 1.48 bits per heavy atom. The lowest BCUT2D eigenvalue weighted by Crippen LogP contribution is -2.32. The normalized spacial score (nSPS) is 19.6. The fourth-order valence-corrected chi connectivity index (χ4v) is 2.42. The molecule has 114 valence electrons. The molecule has 2 aliphatic rings. The van der Waals surface area contributed by atoms with Crippen LogP contribution in [-0.4, -0.2) is 49.8 Å². The lowest BCUT2D eigenvalue weighted by atomic mass is 10.0. The van der Waals surface area contributed by atoms with Gasteiger partial charge in [0.2, 0.25) is 5.76 Å². The van der Waals surface area contributed by atoms with Crippen LogP contribution in [0.2, 0.25) is 0 Å². The molecule has 3 heterocycles. The molecule has 3 rings (SSSR count). The van der Waals surface area contributed by atoms with Gasteiger partial charge in [0.05, 0.1) is 6.20 Å². The van der Waals surface area contributed by atoms with Crippen LogP contribution in [0.25, 0.3) is 0 Å². The van der Waals surface area contributed by atoms with Gasteiger partial charge in [0, 0.05) is 32.8 Å². The first-order valence-corrected chi connectivity index (χ1v) is 7.11. The maximum absolute atomic E-state index is 12.0. The average molecular weight is 294 g/mol. The molecular formula is C13H18N4O4. The molecule has 3 amide bonds. The van der Waals surface area contributed by atoms with Gasteiger partial charge in [-0.25, -0.2) is 14.7 Å². The number of carbonyl (C=O) groups excluding carboxylic acids is 2. The van der Waals surface area contributed by atoms with Crippen molar-refractivity contribution < 1.29 is 18.7 Å². The Morgan fingerprint density at radius 3 is 3.00 bits per heavy atom. The van der Waals surface area contributed by atoms with Gasteiger partial charge in [-0.05, 0) is 18.8 Å². The van der Waals surface area contributed by atoms with Crippen molar-refractivity contribution in [3.8, 4) is 0 Å². The summed E-state index contributed by atoms with van der Waals surface area (Å²) in [5, 5.41) is 5.49. The molecule has 0 aromatic carbocycles. The van der Waals surface area contributed by atoms with Crippen molar-refractivity contribution >= 4 is 18.0 Å². The van der Waals surface area contributed by atoms with Gasteiger partial charge < -0.3 is 19.8 Å². The number of anilines is 1. The van der Waals surface area contributed by atoms with E-state index in [9.17, 15) is 9.59 Å². The highest BCUT2D eigenvalue weighted by Gasteiger charge is 2.26. The first-order chi connectivity index (χ1) is 10.2. The summed E-state index contributed by atoms with van der Waals surface area (Å²) in [5.41, 5.74) is 0. The van der Waals surface area contributed by atoms with Crippen LogP contribution >= 0.6 is 0 Å². The summed E-state index contributed by atoms with van der Waals surface area (Å²) >= 11 is 0. The molecule has 0 saturated carbocycles. The first-order valence-electron chi connectivity index (χ1n) is 7.11. The maximum atomic E-state index is 12.0. The van der Waals surface area contributed by atoms with Crippen LogP contribution < -0.4 is 15.5 Å². The Hall–Kier alpha value is -2.09. The highest BCUT2D eigenvalue weighted by molar-refractivity contribution is 5.94. The van der Waals surface area contributed by atoms with Crippen molar-refractivity contribution in [2.24, 2.45) is 5.92 Å². The minimum absolute atomic E-state index is 0.122. The second-order valence-electron chi connectivity index (χ2n) is 5.16. The Morgan fingerprint density at radius 2 is 2.29 bits per heavy atom. The monoisotopic (exact) mass is 294 g/mol. The molecule has 2 saturated heterocycles. The number of urea groups is 1. The Kier molecular flexibility index (Phi) is 4.05. The molecule has 0 aliphatic carbocycles. The van der Waals surface area contributed by atoms with Gasteiger partial charge in [0.15, 0.2) is 0 Å². The molecule has 0 radical (unpaired) electrons. The fraction of sp³-hybridized carbons (Fsp3) is 0.615. The summed E-state index contributed by atoms with van der Waals surface area (Å²) < 4.78 is 10.6. The summed E-state index contributed by atoms with van der Waals surface area (Å²) in [6.07, 6.45) is 3.26. The summed E-state index contributed by atoms with van der Waals surface area (Å²) in [5.74, 6) is 0.256. The lowest BCUT2D eigenvalue weighted by Gasteiger charge is -2.21. The molecule has 2 fully saturated rings. The minimum Gasteiger partial charge on any atom is -0.418 e. The number of nitrogens with zero attached hydrogens (tertiary/aromatic N) is 2. The van der Waals surface area contributed by atoms with Crippen molar-refractivity contribution in [1.29, 1.82) is 0 Å². The molecule has 1 aromatic rings. The van der Waals surface area contributed by atoms with Gasteiger partial charge in [-0.15, -0.1) is 0 Å². The number of oxazole rings is 1. The summed E-state index contributed by atoms with van der Waals surface area (Å²) in [4.78, 5) is 28.8. The summed E-state index contributed by atoms with van der Waals surface area (Å²) in [6.45, 7) is 3.13. The Bertz CT molecular complexity index is 524. The zero-order valence-electron chi connectivity index (χ0n) is 11.6. The third-order valence-electron chi connectivity index (χ3n) is 3.70. The Labute approximate surface area is 121 Å².